The number of carboxylic acids is 1. The van der Waals surface area contributed by atoms with Crippen molar-refractivity contribution < 1.29 is 19.1 Å². The fraction of sp³-hybridized carbons (Fsp3) is 0.316. The van der Waals surface area contributed by atoms with Gasteiger partial charge in [-0.2, -0.15) is 0 Å². The van der Waals surface area contributed by atoms with Crippen LogP contribution in [0.3, 0.4) is 0 Å². The molecule has 0 unspecified atom stereocenters. The van der Waals surface area contributed by atoms with Gasteiger partial charge in [-0.05, 0) is 31.5 Å². The Kier molecular flexibility index (Phi) is 5.23. The fourth-order valence-corrected chi connectivity index (χ4v) is 2.85. The number of rotatable bonds is 6. The molecule has 0 aliphatic carbocycles. The number of hydrogen-bond donors (Lipinski definition) is 1. The van der Waals surface area contributed by atoms with Gasteiger partial charge in [-0.1, -0.05) is 24.6 Å². The summed E-state index contributed by atoms with van der Waals surface area (Å²) in [6, 6.07) is 6.89. The van der Waals surface area contributed by atoms with Crippen LogP contribution in [0.4, 0.5) is 0 Å². The lowest BCUT2D eigenvalue weighted by molar-refractivity contribution is -0.141. The first-order valence-electron chi connectivity index (χ1n) is 8.41. The lowest BCUT2D eigenvalue weighted by atomic mass is 10.2. The van der Waals surface area contributed by atoms with Gasteiger partial charge in [0, 0.05) is 18.8 Å². The number of fused-ring (bicyclic) bond motifs is 1. The van der Waals surface area contributed by atoms with E-state index in [2.05, 4.69) is 4.98 Å². The van der Waals surface area contributed by atoms with Crippen molar-refractivity contribution in [3.05, 3.63) is 57.3 Å². The summed E-state index contributed by atoms with van der Waals surface area (Å²) in [4.78, 5) is 27.5. The Balaban J connectivity index is 1.92. The minimum Gasteiger partial charge on any atom is -0.483 e. The zero-order chi connectivity index (χ0) is 19.7. The van der Waals surface area contributed by atoms with Crippen LogP contribution < -0.4 is 10.5 Å². The Hall–Kier alpha value is -2.80. The minimum atomic E-state index is -0.998. The summed E-state index contributed by atoms with van der Waals surface area (Å²) in [5.74, 6) is -2.03. The first-order valence-corrected chi connectivity index (χ1v) is 8.79. The van der Waals surface area contributed by atoms with E-state index in [4.69, 9.17) is 25.9 Å². The van der Waals surface area contributed by atoms with Gasteiger partial charge < -0.3 is 14.3 Å². The lowest BCUT2D eigenvalue weighted by Crippen LogP contribution is -2.23. The number of pyridine rings is 1. The van der Waals surface area contributed by atoms with Crippen molar-refractivity contribution in [2.24, 2.45) is 5.92 Å². The quantitative estimate of drug-likeness (QED) is 0.687. The van der Waals surface area contributed by atoms with Gasteiger partial charge in [-0.3, -0.25) is 14.3 Å². The highest BCUT2D eigenvalue weighted by molar-refractivity contribution is 6.32. The third kappa shape index (κ3) is 3.98. The Morgan fingerprint density at radius 1 is 1.37 bits per heavy atom. The van der Waals surface area contributed by atoms with Crippen molar-refractivity contribution in [1.29, 1.82) is 0 Å². The van der Waals surface area contributed by atoms with E-state index in [0.717, 1.165) is 11.3 Å². The summed E-state index contributed by atoms with van der Waals surface area (Å²) in [6.45, 7) is 5.30. The molecule has 0 aliphatic rings. The topological polar surface area (TPSA) is 94.6 Å². The zero-order valence-electron chi connectivity index (χ0n) is 15.1. The predicted octanol–water partition coefficient (Wildman–Crippen LogP) is 3.81. The molecule has 8 heteroatoms. The molecule has 27 heavy (non-hydrogen) atoms. The molecule has 3 rings (SSSR count). The van der Waals surface area contributed by atoms with Crippen molar-refractivity contribution in [2.75, 3.05) is 0 Å². The van der Waals surface area contributed by atoms with E-state index in [-0.39, 0.29) is 18.2 Å². The first-order chi connectivity index (χ1) is 12.8. The van der Waals surface area contributed by atoms with Crippen LogP contribution in [-0.2, 0) is 11.3 Å². The molecule has 2 aromatic heterocycles. The number of aryl methyl sites for hydroxylation is 1. The van der Waals surface area contributed by atoms with E-state index < -0.39 is 17.6 Å². The molecule has 2 atom stereocenters. The number of hydrogen-bond acceptors (Lipinski definition) is 5. The molecule has 0 saturated heterocycles. The number of oxazole rings is 1. The second kappa shape index (κ2) is 7.44. The highest BCUT2D eigenvalue weighted by Crippen LogP contribution is 2.33. The molecule has 0 aliphatic heterocycles. The Morgan fingerprint density at radius 2 is 2.11 bits per heavy atom. The second-order valence-corrected chi connectivity index (χ2v) is 6.90. The molecule has 0 saturated carbocycles. The monoisotopic (exact) mass is 390 g/mol. The molecule has 0 bridgehead atoms. The molecular weight excluding hydrogens is 372 g/mol. The summed E-state index contributed by atoms with van der Waals surface area (Å²) in [6.07, 6.45) is 1.39. The van der Waals surface area contributed by atoms with E-state index in [1.807, 2.05) is 26.0 Å². The molecule has 3 aromatic rings. The molecule has 0 spiro atoms. The summed E-state index contributed by atoms with van der Waals surface area (Å²) >= 11 is 6.32. The summed E-state index contributed by atoms with van der Waals surface area (Å²) < 4.78 is 12.4. The van der Waals surface area contributed by atoms with Crippen molar-refractivity contribution in [2.45, 2.75) is 33.4 Å². The van der Waals surface area contributed by atoms with E-state index in [9.17, 15) is 9.59 Å². The number of benzene rings is 1. The smallest absolute Gasteiger partial charge is 0.419 e. The van der Waals surface area contributed by atoms with Crippen LogP contribution in [0.15, 0.2) is 39.7 Å². The molecule has 1 N–H and O–H groups in total. The molecule has 0 radical (unpaired) electrons. The Labute approximate surface area is 160 Å². The maximum Gasteiger partial charge on any atom is 0.419 e. The van der Waals surface area contributed by atoms with Crippen LogP contribution in [0, 0.1) is 12.8 Å². The Bertz CT molecular complexity index is 1040. The van der Waals surface area contributed by atoms with Crippen molar-refractivity contribution >= 4 is 28.7 Å². The average molecular weight is 391 g/mol. The highest BCUT2D eigenvalue weighted by Gasteiger charge is 2.19. The van der Waals surface area contributed by atoms with Crippen LogP contribution in [-0.4, -0.2) is 20.6 Å². The number of carbonyl (C=O) groups is 1. The summed E-state index contributed by atoms with van der Waals surface area (Å²) in [5, 5.41) is 9.36. The van der Waals surface area contributed by atoms with Crippen LogP contribution in [0.25, 0.3) is 11.1 Å². The van der Waals surface area contributed by atoms with E-state index in [1.54, 1.807) is 12.3 Å². The fourth-order valence-electron chi connectivity index (χ4n) is 2.65. The van der Waals surface area contributed by atoms with Crippen LogP contribution >= 0.6 is 11.6 Å². The molecule has 0 amide bonds. The average Bonchev–Trinajstić information content (AvgIpc) is 2.90. The minimum absolute atomic E-state index is 0.0125. The molecule has 0 fully saturated rings. The number of ether oxygens (including phenoxy) is 1. The maximum absolute atomic E-state index is 12.1. The number of aromatic nitrogens is 2. The van der Waals surface area contributed by atoms with Gasteiger partial charge in [0.1, 0.15) is 11.9 Å². The number of halogens is 1. The standard InChI is InChI=1S/C19H19ClN2O5/c1-10-4-5-14(21-8-10)12(3)26-16-7-17-15(6-13(16)20)22(19(25)27-17)9-11(2)18(23)24/h4-8,11-12H,9H2,1-3H3,(H,23,24)/t11-,12+/m1/s1. The van der Waals surface area contributed by atoms with E-state index in [1.165, 1.54) is 17.6 Å². The van der Waals surface area contributed by atoms with E-state index in [0.29, 0.717) is 16.3 Å². The number of carboxylic acid groups (broad SMARTS) is 1. The molecular formula is C19H19ClN2O5. The van der Waals surface area contributed by atoms with Gasteiger partial charge in [0.05, 0.1) is 22.2 Å². The largest absolute Gasteiger partial charge is 0.483 e. The van der Waals surface area contributed by atoms with Crippen molar-refractivity contribution in [3.63, 3.8) is 0 Å². The van der Waals surface area contributed by atoms with Gasteiger partial charge in [0.2, 0.25) is 0 Å². The number of aliphatic carboxylic acids is 1. The normalized spacial score (nSPS) is 13.5. The SMILES string of the molecule is Cc1ccc([C@H](C)Oc2cc3oc(=O)n(C[C@@H](C)C(=O)O)c3cc2Cl)nc1. The van der Waals surface area contributed by atoms with Gasteiger partial charge >= 0.3 is 11.7 Å². The van der Waals surface area contributed by atoms with Crippen LogP contribution in [0.5, 0.6) is 5.75 Å². The Morgan fingerprint density at radius 3 is 2.74 bits per heavy atom. The zero-order valence-corrected chi connectivity index (χ0v) is 15.9. The van der Waals surface area contributed by atoms with Crippen LogP contribution in [0.2, 0.25) is 5.02 Å². The number of nitrogens with zero attached hydrogens (tertiary/aromatic N) is 2. The predicted molar refractivity (Wildman–Crippen MR) is 100 cm³/mol. The molecule has 7 nitrogen and oxygen atoms in total. The lowest BCUT2D eigenvalue weighted by Gasteiger charge is -2.15. The van der Waals surface area contributed by atoms with Crippen molar-refractivity contribution in [3.8, 4) is 5.75 Å². The second-order valence-electron chi connectivity index (χ2n) is 6.49. The molecule has 2 heterocycles. The van der Waals surface area contributed by atoms with Crippen LogP contribution in [0.1, 0.15) is 31.2 Å². The van der Waals surface area contributed by atoms with E-state index >= 15 is 0 Å². The maximum atomic E-state index is 12.1. The third-order valence-electron chi connectivity index (χ3n) is 4.25. The summed E-state index contributed by atoms with van der Waals surface area (Å²) in [7, 11) is 0. The van der Waals surface area contributed by atoms with Gasteiger partial charge in [-0.15, -0.1) is 0 Å². The first kappa shape index (κ1) is 19.0. The summed E-state index contributed by atoms with van der Waals surface area (Å²) in [5.41, 5.74) is 2.49. The third-order valence-corrected chi connectivity index (χ3v) is 4.55. The van der Waals surface area contributed by atoms with Gasteiger partial charge in [0.15, 0.2) is 5.58 Å². The van der Waals surface area contributed by atoms with Gasteiger partial charge in [-0.25, -0.2) is 4.79 Å². The molecule has 142 valence electrons. The van der Waals surface area contributed by atoms with Gasteiger partial charge in [0.25, 0.3) is 0 Å². The molecule has 1 aromatic carbocycles. The van der Waals surface area contributed by atoms with Crippen molar-refractivity contribution in [1.82, 2.24) is 9.55 Å². The highest BCUT2D eigenvalue weighted by atomic mass is 35.5.